The largest absolute Gasteiger partial charge is 0.376 e. The van der Waals surface area contributed by atoms with Crippen LogP contribution >= 0.6 is 34.8 Å². The van der Waals surface area contributed by atoms with Crippen molar-refractivity contribution in [2.75, 3.05) is 5.32 Å². The first-order valence-corrected chi connectivity index (χ1v) is 7.64. The fourth-order valence-corrected chi connectivity index (χ4v) is 2.95. The van der Waals surface area contributed by atoms with Gasteiger partial charge in [-0.1, -0.05) is 66.0 Å². The van der Waals surface area contributed by atoms with Gasteiger partial charge in [0.2, 0.25) is 0 Å². The predicted octanol–water partition coefficient (Wildman–Crippen LogP) is 6.38. The standard InChI is InChI=1S/C16H16Cl3N/c1-3-11-4-6-12(7-5-11)10(2)20-16-14(18)8-13(17)9-15(16)19/h4-10,20H,3H2,1-2H3. The monoisotopic (exact) mass is 327 g/mol. The molecule has 0 heterocycles. The van der Waals surface area contributed by atoms with Crippen LogP contribution in [-0.2, 0) is 6.42 Å². The number of aryl methyl sites for hydroxylation is 1. The van der Waals surface area contributed by atoms with Crippen LogP contribution in [0.25, 0.3) is 0 Å². The molecule has 0 spiro atoms. The number of hydrogen-bond acceptors (Lipinski definition) is 1. The topological polar surface area (TPSA) is 12.0 Å². The molecule has 2 aromatic carbocycles. The maximum atomic E-state index is 6.18. The Morgan fingerprint density at radius 1 is 1.00 bits per heavy atom. The Bertz CT molecular complexity index is 570. The van der Waals surface area contributed by atoms with E-state index < -0.39 is 0 Å². The van der Waals surface area contributed by atoms with E-state index in [9.17, 15) is 0 Å². The minimum absolute atomic E-state index is 0.108. The third-order valence-corrected chi connectivity index (χ3v) is 4.07. The summed E-state index contributed by atoms with van der Waals surface area (Å²) in [5.74, 6) is 0. The van der Waals surface area contributed by atoms with Crippen LogP contribution in [0.15, 0.2) is 36.4 Å². The van der Waals surface area contributed by atoms with Crippen LogP contribution in [0.5, 0.6) is 0 Å². The van der Waals surface area contributed by atoms with E-state index in [0.29, 0.717) is 20.8 Å². The number of nitrogens with one attached hydrogen (secondary N) is 1. The zero-order chi connectivity index (χ0) is 14.7. The summed E-state index contributed by atoms with van der Waals surface area (Å²) >= 11 is 18.3. The number of halogens is 3. The molecule has 1 atom stereocenters. The fraction of sp³-hybridized carbons (Fsp3) is 0.250. The van der Waals surface area contributed by atoms with E-state index in [1.54, 1.807) is 12.1 Å². The van der Waals surface area contributed by atoms with E-state index in [-0.39, 0.29) is 6.04 Å². The summed E-state index contributed by atoms with van der Waals surface area (Å²) in [5.41, 5.74) is 3.22. The van der Waals surface area contributed by atoms with Gasteiger partial charge in [0.05, 0.1) is 15.7 Å². The summed E-state index contributed by atoms with van der Waals surface area (Å²) in [6.45, 7) is 4.21. The van der Waals surface area contributed by atoms with Gasteiger partial charge in [-0.05, 0) is 36.6 Å². The first-order valence-electron chi connectivity index (χ1n) is 6.51. The molecule has 0 bridgehead atoms. The smallest absolute Gasteiger partial charge is 0.0724 e. The quantitative estimate of drug-likeness (QED) is 0.686. The van der Waals surface area contributed by atoms with Crippen LogP contribution in [-0.4, -0.2) is 0 Å². The van der Waals surface area contributed by atoms with E-state index in [1.807, 2.05) is 0 Å². The van der Waals surface area contributed by atoms with E-state index in [4.69, 9.17) is 34.8 Å². The molecule has 1 unspecified atom stereocenters. The van der Waals surface area contributed by atoms with Crippen molar-refractivity contribution in [3.8, 4) is 0 Å². The number of rotatable bonds is 4. The first kappa shape index (κ1) is 15.5. The SMILES string of the molecule is CCc1ccc(C(C)Nc2c(Cl)cc(Cl)cc2Cl)cc1. The van der Waals surface area contributed by atoms with E-state index in [1.165, 1.54) is 11.1 Å². The van der Waals surface area contributed by atoms with Gasteiger partial charge in [-0.15, -0.1) is 0 Å². The highest BCUT2D eigenvalue weighted by Gasteiger charge is 2.12. The molecular weight excluding hydrogens is 313 g/mol. The molecule has 0 aromatic heterocycles. The van der Waals surface area contributed by atoms with Gasteiger partial charge in [-0.3, -0.25) is 0 Å². The van der Waals surface area contributed by atoms with Crippen molar-refractivity contribution in [3.63, 3.8) is 0 Å². The summed E-state index contributed by atoms with van der Waals surface area (Å²) in [4.78, 5) is 0. The Morgan fingerprint density at radius 2 is 1.55 bits per heavy atom. The molecule has 1 N–H and O–H groups in total. The molecule has 0 fully saturated rings. The molecular formula is C16H16Cl3N. The van der Waals surface area contributed by atoms with E-state index >= 15 is 0 Å². The molecule has 0 aliphatic heterocycles. The van der Waals surface area contributed by atoms with Crippen LogP contribution < -0.4 is 5.32 Å². The van der Waals surface area contributed by atoms with E-state index in [0.717, 1.165) is 6.42 Å². The van der Waals surface area contributed by atoms with Gasteiger partial charge >= 0.3 is 0 Å². The third kappa shape index (κ3) is 3.60. The second kappa shape index (κ2) is 6.71. The molecule has 0 aliphatic carbocycles. The van der Waals surface area contributed by atoms with Crippen LogP contribution in [0.1, 0.15) is 31.0 Å². The summed E-state index contributed by atoms with van der Waals surface area (Å²) in [7, 11) is 0. The lowest BCUT2D eigenvalue weighted by molar-refractivity contribution is 0.883. The molecule has 0 radical (unpaired) electrons. The molecule has 2 rings (SSSR count). The van der Waals surface area contributed by atoms with Crippen LogP contribution in [0, 0.1) is 0 Å². The van der Waals surface area contributed by atoms with Gasteiger partial charge in [-0.2, -0.15) is 0 Å². The van der Waals surface area contributed by atoms with Crippen molar-refractivity contribution < 1.29 is 0 Å². The zero-order valence-corrected chi connectivity index (χ0v) is 13.7. The highest BCUT2D eigenvalue weighted by atomic mass is 35.5. The van der Waals surface area contributed by atoms with Crippen LogP contribution in [0.2, 0.25) is 15.1 Å². The summed E-state index contributed by atoms with van der Waals surface area (Å²) in [5, 5.41) is 4.92. The van der Waals surface area contributed by atoms with Gasteiger partial charge in [0, 0.05) is 11.1 Å². The molecule has 1 nitrogen and oxygen atoms in total. The van der Waals surface area contributed by atoms with Gasteiger partial charge in [0.25, 0.3) is 0 Å². The van der Waals surface area contributed by atoms with Crippen molar-refractivity contribution in [1.82, 2.24) is 0 Å². The van der Waals surface area contributed by atoms with Gasteiger partial charge in [-0.25, -0.2) is 0 Å². The number of hydrogen-bond donors (Lipinski definition) is 1. The summed E-state index contributed by atoms with van der Waals surface area (Å²) in [6, 6.07) is 12.0. The molecule has 0 saturated carbocycles. The highest BCUT2D eigenvalue weighted by molar-refractivity contribution is 6.41. The van der Waals surface area contributed by atoms with Crippen molar-refractivity contribution in [1.29, 1.82) is 0 Å². The number of benzene rings is 2. The average molecular weight is 329 g/mol. The Hall–Kier alpha value is -0.890. The Balaban J connectivity index is 2.20. The average Bonchev–Trinajstić information content (AvgIpc) is 2.42. The van der Waals surface area contributed by atoms with E-state index in [2.05, 4.69) is 43.4 Å². The molecule has 20 heavy (non-hydrogen) atoms. The Morgan fingerprint density at radius 3 is 2.05 bits per heavy atom. The normalized spacial score (nSPS) is 12.2. The molecule has 0 amide bonds. The van der Waals surface area contributed by atoms with Gasteiger partial charge in [0.1, 0.15) is 0 Å². The molecule has 2 aromatic rings. The molecule has 106 valence electrons. The van der Waals surface area contributed by atoms with Crippen LogP contribution in [0.3, 0.4) is 0 Å². The predicted molar refractivity (Wildman–Crippen MR) is 89.3 cm³/mol. The number of anilines is 1. The summed E-state index contributed by atoms with van der Waals surface area (Å²) in [6.07, 6.45) is 1.04. The maximum Gasteiger partial charge on any atom is 0.0724 e. The zero-order valence-electron chi connectivity index (χ0n) is 11.4. The van der Waals surface area contributed by atoms with Crippen molar-refractivity contribution in [2.45, 2.75) is 26.3 Å². The second-order valence-corrected chi connectivity index (χ2v) is 5.96. The van der Waals surface area contributed by atoms with Crippen LogP contribution in [0.4, 0.5) is 5.69 Å². The lowest BCUT2D eigenvalue weighted by atomic mass is 10.0. The lowest BCUT2D eigenvalue weighted by Crippen LogP contribution is -2.07. The fourth-order valence-electron chi connectivity index (χ4n) is 2.02. The Labute approximate surface area is 134 Å². The maximum absolute atomic E-state index is 6.18. The van der Waals surface area contributed by atoms with Crippen molar-refractivity contribution in [3.05, 3.63) is 62.6 Å². The Kier molecular flexibility index (Phi) is 5.20. The van der Waals surface area contributed by atoms with Crippen molar-refractivity contribution >= 4 is 40.5 Å². The highest BCUT2D eigenvalue weighted by Crippen LogP contribution is 2.35. The lowest BCUT2D eigenvalue weighted by Gasteiger charge is -2.18. The summed E-state index contributed by atoms with van der Waals surface area (Å²) < 4.78 is 0. The second-order valence-electron chi connectivity index (χ2n) is 4.71. The third-order valence-electron chi connectivity index (χ3n) is 3.26. The minimum atomic E-state index is 0.108. The molecule has 0 saturated heterocycles. The first-order chi connectivity index (χ1) is 9.51. The van der Waals surface area contributed by atoms with Gasteiger partial charge < -0.3 is 5.32 Å². The molecule has 4 heteroatoms. The van der Waals surface area contributed by atoms with Gasteiger partial charge in [0.15, 0.2) is 0 Å². The minimum Gasteiger partial charge on any atom is -0.376 e. The van der Waals surface area contributed by atoms with Crippen molar-refractivity contribution in [2.24, 2.45) is 0 Å². The molecule has 0 aliphatic rings.